The van der Waals surface area contributed by atoms with E-state index in [0.717, 1.165) is 0 Å². The number of halogens is 1. The van der Waals surface area contributed by atoms with Crippen molar-refractivity contribution in [1.29, 1.82) is 5.26 Å². The van der Waals surface area contributed by atoms with E-state index in [1.54, 1.807) is 13.0 Å². The third kappa shape index (κ3) is 3.17. The van der Waals surface area contributed by atoms with Crippen molar-refractivity contribution in [3.8, 4) is 6.07 Å². The second kappa shape index (κ2) is 5.15. The lowest BCUT2D eigenvalue weighted by Crippen LogP contribution is -2.25. The lowest BCUT2D eigenvalue weighted by Gasteiger charge is -2.11. The number of aryl methyl sites for hydroxylation is 1. The summed E-state index contributed by atoms with van der Waals surface area (Å²) in [6, 6.07) is 5.60. The summed E-state index contributed by atoms with van der Waals surface area (Å²) in [5, 5.41) is 7.61. The highest BCUT2D eigenvalue weighted by Crippen LogP contribution is 2.17. The van der Waals surface area contributed by atoms with Crippen LogP contribution in [0.3, 0.4) is 0 Å². The first-order chi connectivity index (χ1) is 7.90. The number of benzene rings is 1. The molecule has 4 nitrogen and oxygen atoms in total. The van der Waals surface area contributed by atoms with Crippen LogP contribution in [0, 0.1) is 24.1 Å². The van der Waals surface area contributed by atoms with Crippen LogP contribution in [0.1, 0.15) is 18.9 Å². The van der Waals surface area contributed by atoms with Crippen molar-refractivity contribution in [1.82, 2.24) is 0 Å². The molecule has 1 rings (SSSR count). The minimum Gasteiger partial charge on any atom is -0.282 e. The topological polar surface area (TPSA) is 70.0 Å². The van der Waals surface area contributed by atoms with E-state index in [1.165, 1.54) is 25.1 Å². The molecule has 0 aliphatic rings. The van der Waals surface area contributed by atoms with Gasteiger partial charge in [-0.15, -0.1) is 0 Å². The minimum absolute atomic E-state index is 0.200. The number of anilines is 1. The number of rotatable bonds is 4. The Morgan fingerprint density at radius 2 is 2.18 bits per heavy atom. The van der Waals surface area contributed by atoms with Crippen molar-refractivity contribution < 1.29 is 12.8 Å². The summed E-state index contributed by atoms with van der Waals surface area (Å²) in [5.41, 5.74) is 0.604. The van der Waals surface area contributed by atoms with Gasteiger partial charge in [-0.1, -0.05) is 6.92 Å². The largest absolute Gasteiger partial charge is 0.282 e. The number of nitrogens with zero attached hydrogens (tertiary/aromatic N) is 1. The Morgan fingerprint density at radius 1 is 1.53 bits per heavy atom. The van der Waals surface area contributed by atoms with Gasteiger partial charge in [-0.2, -0.15) is 5.26 Å². The molecule has 0 amide bonds. The fourth-order valence-corrected chi connectivity index (χ4v) is 2.50. The van der Waals surface area contributed by atoms with Gasteiger partial charge in [0.1, 0.15) is 5.82 Å². The molecule has 0 bridgehead atoms. The lowest BCUT2D eigenvalue weighted by molar-refractivity contribution is 0.592. The Hall–Kier alpha value is -1.61. The maximum absolute atomic E-state index is 13.0. The molecule has 0 aliphatic heterocycles. The lowest BCUT2D eigenvalue weighted by atomic mass is 10.2. The fourth-order valence-electron chi connectivity index (χ4n) is 1.32. The Balaban J connectivity index is 2.99. The molecule has 1 atom stereocenters. The average Bonchev–Trinajstić information content (AvgIpc) is 2.24. The second-order valence-electron chi connectivity index (χ2n) is 3.64. The van der Waals surface area contributed by atoms with Gasteiger partial charge in [-0.05, 0) is 37.1 Å². The molecular formula is C11H13FN2O2S. The monoisotopic (exact) mass is 256 g/mol. The molecule has 0 spiro atoms. The minimum atomic E-state index is -3.74. The third-order valence-electron chi connectivity index (χ3n) is 2.31. The van der Waals surface area contributed by atoms with Crippen LogP contribution in [0.2, 0.25) is 0 Å². The van der Waals surface area contributed by atoms with E-state index in [4.69, 9.17) is 5.26 Å². The van der Waals surface area contributed by atoms with Crippen molar-refractivity contribution in [2.24, 2.45) is 0 Å². The van der Waals surface area contributed by atoms with Crippen LogP contribution in [0.15, 0.2) is 18.2 Å². The maximum atomic E-state index is 13.0. The zero-order valence-corrected chi connectivity index (χ0v) is 10.4. The van der Waals surface area contributed by atoms with Crippen molar-refractivity contribution in [2.75, 3.05) is 4.72 Å². The molecule has 0 aromatic heterocycles. The van der Waals surface area contributed by atoms with Crippen LogP contribution < -0.4 is 4.72 Å². The van der Waals surface area contributed by atoms with Gasteiger partial charge in [0.2, 0.25) is 10.0 Å². The number of sulfonamides is 1. The molecule has 0 aliphatic carbocycles. The number of nitriles is 1. The van der Waals surface area contributed by atoms with Crippen molar-refractivity contribution in [3.63, 3.8) is 0 Å². The fraction of sp³-hybridized carbons (Fsp3) is 0.364. The van der Waals surface area contributed by atoms with Crippen molar-refractivity contribution in [2.45, 2.75) is 25.5 Å². The van der Waals surface area contributed by atoms with E-state index in [0.29, 0.717) is 5.56 Å². The van der Waals surface area contributed by atoms with E-state index in [2.05, 4.69) is 4.72 Å². The smallest absolute Gasteiger partial charge is 0.249 e. The highest BCUT2D eigenvalue weighted by molar-refractivity contribution is 7.93. The van der Waals surface area contributed by atoms with E-state index in [9.17, 15) is 12.8 Å². The molecule has 6 heteroatoms. The van der Waals surface area contributed by atoms with Crippen LogP contribution in [0.4, 0.5) is 10.1 Å². The zero-order chi connectivity index (χ0) is 13.1. The molecule has 0 saturated carbocycles. The van der Waals surface area contributed by atoms with E-state index in [1.807, 2.05) is 0 Å². The van der Waals surface area contributed by atoms with Crippen LogP contribution in [0.25, 0.3) is 0 Å². The highest BCUT2D eigenvalue weighted by Gasteiger charge is 2.23. The maximum Gasteiger partial charge on any atom is 0.249 e. The summed E-state index contributed by atoms with van der Waals surface area (Å²) in [6.07, 6.45) is 0.200. The Labute approximate surface area is 100 Å². The van der Waals surface area contributed by atoms with Crippen LogP contribution in [-0.4, -0.2) is 13.7 Å². The normalized spacial score (nSPS) is 12.8. The second-order valence-corrected chi connectivity index (χ2v) is 5.50. The summed E-state index contributed by atoms with van der Waals surface area (Å²) in [7, 11) is -3.74. The summed E-state index contributed by atoms with van der Waals surface area (Å²) >= 11 is 0. The van der Waals surface area contributed by atoms with E-state index in [-0.39, 0.29) is 12.1 Å². The van der Waals surface area contributed by atoms with Crippen LogP contribution >= 0.6 is 0 Å². The molecule has 17 heavy (non-hydrogen) atoms. The van der Waals surface area contributed by atoms with Gasteiger partial charge >= 0.3 is 0 Å². The van der Waals surface area contributed by atoms with E-state index >= 15 is 0 Å². The molecule has 0 heterocycles. The Kier molecular flexibility index (Phi) is 4.07. The van der Waals surface area contributed by atoms with Gasteiger partial charge in [0.05, 0.1) is 6.07 Å². The summed E-state index contributed by atoms with van der Waals surface area (Å²) in [5.74, 6) is -0.403. The van der Waals surface area contributed by atoms with Gasteiger partial charge in [-0.25, -0.2) is 12.8 Å². The van der Waals surface area contributed by atoms with Crippen molar-refractivity contribution in [3.05, 3.63) is 29.6 Å². The summed E-state index contributed by atoms with van der Waals surface area (Å²) < 4.78 is 38.7. The van der Waals surface area contributed by atoms with Crippen LogP contribution in [0.5, 0.6) is 0 Å². The summed E-state index contributed by atoms with van der Waals surface area (Å²) in [4.78, 5) is 0. The van der Waals surface area contributed by atoms with Gasteiger partial charge in [0.15, 0.2) is 5.25 Å². The van der Waals surface area contributed by atoms with Gasteiger partial charge < -0.3 is 0 Å². The molecule has 0 saturated heterocycles. The number of nitrogens with one attached hydrogen (secondary N) is 1. The molecular weight excluding hydrogens is 243 g/mol. The first-order valence-electron chi connectivity index (χ1n) is 5.08. The highest BCUT2D eigenvalue weighted by atomic mass is 32.2. The van der Waals surface area contributed by atoms with Crippen LogP contribution in [-0.2, 0) is 10.0 Å². The molecule has 1 aromatic carbocycles. The van der Waals surface area contributed by atoms with E-state index < -0.39 is 21.1 Å². The molecule has 0 radical (unpaired) electrons. The first kappa shape index (κ1) is 13.5. The van der Waals surface area contributed by atoms with Gasteiger partial charge in [0, 0.05) is 5.69 Å². The average molecular weight is 256 g/mol. The van der Waals surface area contributed by atoms with Crippen molar-refractivity contribution >= 4 is 15.7 Å². The zero-order valence-electron chi connectivity index (χ0n) is 9.57. The predicted molar refractivity (Wildman–Crippen MR) is 63.4 cm³/mol. The molecule has 92 valence electrons. The Bertz CT molecular complexity index is 549. The molecule has 1 unspecified atom stereocenters. The Morgan fingerprint density at radius 3 is 2.65 bits per heavy atom. The molecule has 1 aromatic rings. The quantitative estimate of drug-likeness (QED) is 0.897. The standard InChI is InChI=1S/C11H13FN2O2S/c1-3-10(7-13)17(15,16)14-9-4-5-11(12)8(2)6-9/h4-6,10,14H,3H2,1-2H3. The number of hydrogen-bond donors (Lipinski definition) is 1. The molecule has 0 fully saturated rings. The van der Waals surface area contributed by atoms with Gasteiger partial charge in [-0.3, -0.25) is 4.72 Å². The predicted octanol–water partition coefficient (Wildman–Crippen LogP) is 2.18. The summed E-state index contributed by atoms with van der Waals surface area (Å²) in [6.45, 7) is 3.15. The third-order valence-corrected chi connectivity index (χ3v) is 4.02. The van der Waals surface area contributed by atoms with Gasteiger partial charge in [0.25, 0.3) is 0 Å². The number of hydrogen-bond acceptors (Lipinski definition) is 3. The first-order valence-corrected chi connectivity index (χ1v) is 6.62. The molecule has 1 N–H and O–H groups in total. The SMILES string of the molecule is CCC(C#N)S(=O)(=O)Nc1ccc(F)c(C)c1.